The first-order valence-corrected chi connectivity index (χ1v) is 10.6. The van der Waals surface area contributed by atoms with Crippen molar-refractivity contribution in [2.24, 2.45) is 39.2 Å². The lowest BCUT2D eigenvalue weighted by Crippen LogP contribution is -2.58. The van der Waals surface area contributed by atoms with Crippen LogP contribution in [0.15, 0.2) is 0 Å². The maximum atomic E-state index is 12.9. The van der Waals surface area contributed by atoms with Gasteiger partial charge in [-0.2, -0.15) is 0 Å². The van der Waals surface area contributed by atoms with Crippen molar-refractivity contribution < 1.29 is 9.53 Å². The van der Waals surface area contributed by atoms with E-state index in [2.05, 4.69) is 20.8 Å². The van der Waals surface area contributed by atoms with Crippen molar-refractivity contribution in [3.8, 4) is 0 Å². The highest BCUT2D eigenvalue weighted by atomic mass is 16.5. The molecule has 25 heavy (non-hydrogen) atoms. The third-order valence-corrected chi connectivity index (χ3v) is 9.47. The molecule has 0 aromatic rings. The molecule has 7 atom stereocenters. The van der Waals surface area contributed by atoms with Gasteiger partial charge in [0.15, 0.2) is 0 Å². The molecule has 0 saturated heterocycles. The fraction of sp³-hybridized carbons (Fsp3) is 0.955. The zero-order valence-corrected chi connectivity index (χ0v) is 16.7. The number of nitrogens with two attached hydrogens (primary N) is 1. The normalized spacial score (nSPS) is 54.5. The van der Waals surface area contributed by atoms with E-state index in [9.17, 15) is 4.79 Å². The van der Waals surface area contributed by atoms with Crippen molar-refractivity contribution in [3.05, 3.63) is 0 Å². The lowest BCUT2D eigenvalue weighted by molar-refractivity contribution is -0.187. The molecule has 4 aliphatic rings. The molecule has 4 rings (SSSR count). The zero-order chi connectivity index (χ0) is 18.1. The lowest BCUT2D eigenvalue weighted by Gasteiger charge is -2.64. The number of carbonyl (C=O) groups is 1. The van der Waals surface area contributed by atoms with E-state index in [0.29, 0.717) is 29.4 Å². The predicted octanol–water partition coefficient (Wildman–Crippen LogP) is 4.68. The van der Waals surface area contributed by atoms with Crippen LogP contribution < -0.4 is 5.73 Å². The number of ether oxygens (including phenoxy) is 1. The summed E-state index contributed by atoms with van der Waals surface area (Å²) in [6.45, 7) is 9.59. The molecule has 0 amide bonds. The van der Waals surface area contributed by atoms with Crippen molar-refractivity contribution >= 4 is 5.97 Å². The molecule has 4 saturated carbocycles. The standard InChI is InChI=1S/C22H37NO2/c1-5-25-18(24)21(4)10-6-9-20(3)15(21)8-12-22-13-17(23)19(2,14-22)11-7-16(20)22/h15-17H,5-14,23H2,1-4H3/t15?,16?,17-,19+,20-,21-,22+/m1/s1. The number of carbonyl (C=O) groups excluding carboxylic acids is 1. The van der Waals surface area contributed by atoms with Gasteiger partial charge in [-0.15, -0.1) is 0 Å². The maximum Gasteiger partial charge on any atom is 0.312 e. The van der Waals surface area contributed by atoms with Crippen molar-refractivity contribution in [3.63, 3.8) is 0 Å². The molecular weight excluding hydrogens is 310 g/mol. The molecule has 142 valence electrons. The molecule has 0 aromatic carbocycles. The molecule has 2 bridgehead atoms. The monoisotopic (exact) mass is 347 g/mol. The summed E-state index contributed by atoms with van der Waals surface area (Å²) in [5, 5.41) is 0. The summed E-state index contributed by atoms with van der Waals surface area (Å²) in [6, 6.07) is 0.373. The van der Waals surface area contributed by atoms with E-state index in [4.69, 9.17) is 10.5 Å². The number of esters is 1. The van der Waals surface area contributed by atoms with Gasteiger partial charge in [-0.25, -0.2) is 0 Å². The van der Waals surface area contributed by atoms with Crippen molar-refractivity contribution in [2.45, 2.75) is 91.5 Å². The number of hydrogen-bond acceptors (Lipinski definition) is 3. The Kier molecular flexibility index (Phi) is 3.90. The minimum atomic E-state index is -0.286. The summed E-state index contributed by atoms with van der Waals surface area (Å²) >= 11 is 0. The second kappa shape index (κ2) is 5.47. The molecule has 0 heterocycles. The van der Waals surface area contributed by atoms with Crippen LogP contribution >= 0.6 is 0 Å². The molecule has 3 heteroatoms. The van der Waals surface area contributed by atoms with Gasteiger partial charge in [0.1, 0.15) is 0 Å². The average molecular weight is 348 g/mol. The summed E-state index contributed by atoms with van der Waals surface area (Å²) in [5.41, 5.74) is 7.44. The summed E-state index contributed by atoms with van der Waals surface area (Å²) in [4.78, 5) is 12.9. The quantitative estimate of drug-likeness (QED) is 0.738. The summed E-state index contributed by atoms with van der Waals surface area (Å²) < 4.78 is 5.55. The fourth-order valence-electron chi connectivity index (χ4n) is 8.36. The average Bonchev–Trinajstić information content (AvgIpc) is 2.72. The van der Waals surface area contributed by atoms with E-state index >= 15 is 0 Å². The first-order chi connectivity index (χ1) is 11.7. The predicted molar refractivity (Wildman–Crippen MR) is 99.9 cm³/mol. The molecule has 2 unspecified atom stereocenters. The van der Waals surface area contributed by atoms with Crippen LogP contribution in [0.25, 0.3) is 0 Å². The van der Waals surface area contributed by atoms with Gasteiger partial charge in [-0.3, -0.25) is 4.79 Å². The molecule has 4 aliphatic carbocycles. The fourth-order valence-corrected chi connectivity index (χ4v) is 8.36. The van der Waals surface area contributed by atoms with Gasteiger partial charge in [0, 0.05) is 6.04 Å². The highest BCUT2D eigenvalue weighted by Crippen LogP contribution is 2.73. The number of rotatable bonds is 2. The van der Waals surface area contributed by atoms with E-state index in [-0.39, 0.29) is 16.8 Å². The van der Waals surface area contributed by atoms with E-state index in [1.807, 2.05) is 6.92 Å². The molecule has 3 nitrogen and oxygen atoms in total. The summed E-state index contributed by atoms with van der Waals surface area (Å²) in [6.07, 6.45) is 11.0. The van der Waals surface area contributed by atoms with Crippen LogP contribution in [-0.4, -0.2) is 18.6 Å². The van der Waals surface area contributed by atoms with Crippen LogP contribution in [0.3, 0.4) is 0 Å². The first-order valence-electron chi connectivity index (χ1n) is 10.6. The van der Waals surface area contributed by atoms with Gasteiger partial charge < -0.3 is 10.5 Å². The van der Waals surface area contributed by atoms with E-state index in [0.717, 1.165) is 18.8 Å². The number of fused-ring (bicyclic) bond motifs is 3. The Morgan fingerprint density at radius 2 is 1.80 bits per heavy atom. The largest absolute Gasteiger partial charge is 0.466 e. The molecule has 2 N–H and O–H groups in total. The second-order valence-corrected chi connectivity index (χ2v) is 10.7. The molecule has 1 spiro atoms. The van der Waals surface area contributed by atoms with Crippen LogP contribution in [0.2, 0.25) is 0 Å². The van der Waals surface area contributed by atoms with E-state index in [1.165, 1.54) is 44.9 Å². The van der Waals surface area contributed by atoms with Crippen molar-refractivity contribution in [2.75, 3.05) is 6.61 Å². The second-order valence-electron chi connectivity index (χ2n) is 10.7. The van der Waals surface area contributed by atoms with Crippen molar-refractivity contribution in [1.29, 1.82) is 0 Å². The lowest BCUT2D eigenvalue weighted by atomic mass is 9.40. The maximum absolute atomic E-state index is 12.9. The molecule has 0 aromatic heterocycles. The Morgan fingerprint density at radius 3 is 2.52 bits per heavy atom. The Bertz CT molecular complexity index is 576. The zero-order valence-electron chi connectivity index (χ0n) is 16.7. The minimum absolute atomic E-state index is 0.0608. The van der Waals surface area contributed by atoms with Crippen LogP contribution in [0.1, 0.15) is 85.5 Å². The van der Waals surface area contributed by atoms with Crippen LogP contribution in [-0.2, 0) is 9.53 Å². The van der Waals surface area contributed by atoms with Crippen LogP contribution in [0.5, 0.6) is 0 Å². The van der Waals surface area contributed by atoms with E-state index < -0.39 is 0 Å². The molecule has 4 fully saturated rings. The Labute approximate surface area is 153 Å². The van der Waals surface area contributed by atoms with Gasteiger partial charge >= 0.3 is 5.97 Å². The highest BCUT2D eigenvalue weighted by molar-refractivity contribution is 5.77. The highest BCUT2D eigenvalue weighted by Gasteiger charge is 2.67. The summed E-state index contributed by atoms with van der Waals surface area (Å²) in [5.74, 6) is 1.28. The SMILES string of the molecule is CCOC(=O)[C@]1(C)CCC[C@@]2(C)C3CC[C@@]4(C)C[C@]3(CCC21)C[C@H]4N. The van der Waals surface area contributed by atoms with Gasteiger partial charge in [0.2, 0.25) is 0 Å². The van der Waals surface area contributed by atoms with E-state index in [1.54, 1.807) is 0 Å². The van der Waals surface area contributed by atoms with Gasteiger partial charge in [0.05, 0.1) is 12.0 Å². The van der Waals surface area contributed by atoms with Crippen LogP contribution in [0.4, 0.5) is 0 Å². The van der Waals surface area contributed by atoms with Crippen LogP contribution in [0, 0.1) is 33.5 Å². The Balaban J connectivity index is 1.69. The van der Waals surface area contributed by atoms with Crippen molar-refractivity contribution in [1.82, 2.24) is 0 Å². The molecule has 0 radical (unpaired) electrons. The Morgan fingerprint density at radius 1 is 1.08 bits per heavy atom. The molecular formula is C22H37NO2. The first kappa shape index (κ1) is 17.8. The third kappa shape index (κ3) is 2.23. The smallest absolute Gasteiger partial charge is 0.312 e. The minimum Gasteiger partial charge on any atom is -0.466 e. The number of hydrogen-bond donors (Lipinski definition) is 1. The third-order valence-electron chi connectivity index (χ3n) is 9.47. The van der Waals surface area contributed by atoms with Gasteiger partial charge in [-0.05, 0) is 93.3 Å². The van der Waals surface area contributed by atoms with Gasteiger partial charge in [-0.1, -0.05) is 20.3 Å². The summed E-state index contributed by atoms with van der Waals surface area (Å²) in [7, 11) is 0. The molecule has 0 aliphatic heterocycles. The van der Waals surface area contributed by atoms with Gasteiger partial charge in [0.25, 0.3) is 0 Å². The Hall–Kier alpha value is -0.570. The topological polar surface area (TPSA) is 52.3 Å².